The van der Waals surface area contributed by atoms with E-state index in [4.69, 9.17) is 10.5 Å². The fraction of sp³-hybridized carbons (Fsp3) is 0.471. The smallest absolute Gasteiger partial charge is 0.417 e. The van der Waals surface area contributed by atoms with Crippen LogP contribution in [-0.4, -0.2) is 88.2 Å². The van der Waals surface area contributed by atoms with Crippen LogP contribution in [0.1, 0.15) is 37.7 Å². The summed E-state index contributed by atoms with van der Waals surface area (Å²) in [5, 5.41) is -0.320. The lowest BCUT2D eigenvalue weighted by Crippen LogP contribution is -2.43. The average Bonchev–Trinajstić information content (AvgIpc) is 3.31. The van der Waals surface area contributed by atoms with Gasteiger partial charge in [-0.05, 0) is 56.5 Å². The molecule has 1 aliphatic carbocycles. The Bertz CT molecular complexity index is 2070. The summed E-state index contributed by atoms with van der Waals surface area (Å²) < 4.78 is 97.2. The van der Waals surface area contributed by atoms with Crippen molar-refractivity contribution in [2.45, 2.75) is 56.0 Å². The highest BCUT2D eigenvalue weighted by Crippen LogP contribution is 2.55. The van der Waals surface area contributed by atoms with Gasteiger partial charge in [-0.2, -0.15) is 23.1 Å². The van der Waals surface area contributed by atoms with Gasteiger partial charge in [0.05, 0.1) is 27.4 Å². The van der Waals surface area contributed by atoms with Crippen molar-refractivity contribution in [2.75, 3.05) is 50.5 Å². The molecule has 1 amide bonds. The van der Waals surface area contributed by atoms with Crippen LogP contribution in [0.4, 0.5) is 37.3 Å². The van der Waals surface area contributed by atoms with Crippen LogP contribution in [-0.2, 0) is 11.0 Å². The third-order valence-electron chi connectivity index (χ3n) is 11.0. The molecule has 4 aromatic rings. The molecule has 3 aliphatic heterocycles. The minimum absolute atomic E-state index is 0.00283. The zero-order valence-electron chi connectivity index (χ0n) is 27.0. The van der Waals surface area contributed by atoms with Gasteiger partial charge < -0.3 is 20.3 Å². The summed E-state index contributed by atoms with van der Waals surface area (Å²) in [6.45, 7) is 5.25. The van der Waals surface area contributed by atoms with Crippen molar-refractivity contribution in [1.29, 1.82) is 0 Å². The summed E-state index contributed by atoms with van der Waals surface area (Å²) in [4.78, 5) is 31.0. The minimum Gasteiger partial charge on any atom is -0.461 e. The quantitative estimate of drug-likeness (QED) is 0.174. The lowest BCUT2D eigenvalue weighted by molar-refractivity contribution is -0.137. The maximum atomic E-state index is 17.0. The van der Waals surface area contributed by atoms with Crippen LogP contribution in [0.25, 0.3) is 32.2 Å². The minimum atomic E-state index is -5.06. The van der Waals surface area contributed by atoms with Crippen molar-refractivity contribution < 1.29 is 35.9 Å². The number of carbonyl (C=O) groups is 1. The normalized spacial score (nSPS) is 24.4. The first kappa shape index (κ1) is 33.0. The Morgan fingerprint density at radius 3 is 2.68 bits per heavy atom. The molecule has 4 fully saturated rings. The Labute approximate surface area is 286 Å². The van der Waals surface area contributed by atoms with Gasteiger partial charge in [-0.3, -0.25) is 9.69 Å². The number of nitrogen functional groups attached to an aromatic ring is 1. The molecule has 8 rings (SSSR count). The molecule has 3 unspecified atom stereocenters. The topological polar surface area (TPSA) is 101 Å². The van der Waals surface area contributed by atoms with E-state index in [2.05, 4.69) is 21.5 Å². The number of carbonyl (C=O) groups excluding carboxylic acids is 1. The number of nitrogens with two attached hydrogens (primary N) is 1. The molecule has 0 radical (unpaired) electrons. The Balaban J connectivity index is 1.32. The summed E-state index contributed by atoms with van der Waals surface area (Å²) in [5.41, 5.74) is 1.73. The number of aromatic nitrogens is 3. The molecule has 2 aromatic heterocycles. The van der Waals surface area contributed by atoms with Crippen LogP contribution < -0.4 is 15.4 Å². The maximum absolute atomic E-state index is 17.0. The Hall–Kier alpha value is -4.18. The van der Waals surface area contributed by atoms with Gasteiger partial charge in [0.2, 0.25) is 5.91 Å². The zero-order chi connectivity index (χ0) is 35.3. The van der Waals surface area contributed by atoms with E-state index in [9.17, 15) is 26.7 Å². The fourth-order valence-corrected chi connectivity index (χ4v) is 9.20. The van der Waals surface area contributed by atoms with Gasteiger partial charge in [-0.15, -0.1) is 0 Å². The zero-order valence-corrected chi connectivity index (χ0v) is 27.8. The number of nitrogens with zero attached hydrogens (tertiary/aromatic N) is 6. The molecule has 264 valence electrons. The summed E-state index contributed by atoms with van der Waals surface area (Å²) in [5.74, 6) is -2.36. The number of thiazole rings is 1. The third-order valence-corrected chi connectivity index (χ3v) is 11.9. The second kappa shape index (κ2) is 11.4. The second-order valence-corrected chi connectivity index (χ2v) is 15.0. The molecule has 3 atom stereocenters. The molecule has 2 N–H and O–H groups in total. The highest BCUT2D eigenvalue weighted by molar-refractivity contribution is 7.22. The molecule has 50 heavy (non-hydrogen) atoms. The predicted octanol–water partition coefficient (Wildman–Crippen LogP) is 6.35. The van der Waals surface area contributed by atoms with Crippen molar-refractivity contribution in [3.05, 3.63) is 48.1 Å². The van der Waals surface area contributed by atoms with Gasteiger partial charge in [-0.25, -0.2) is 18.2 Å². The number of likely N-dealkylation sites (N-methyl/N-ethyl adjacent to an activating group) is 1. The standard InChI is InChI=1S/C34H33F6N7O2S/c1-3-23(48)46-14-22(32(15-46)8-9-32)45(2)29-19-11-20(34(38,39)40)24(18-5-6-21(36)28-27(18)42-30(41)50-28)25(37)26(19)43-31(44-29)49-16-33-7-4-10-47(33)13-17(35)12-33/h3,5-6,11,17,22H,1,4,7-10,12-16H2,2H3,(H2,41,42). The average molecular weight is 718 g/mol. The van der Waals surface area contributed by atoms with Crippen LogP contribution in [0.15, 0.2) is 30.9 Å². The van der Waals surface area contributed by atoms with Crippen LogP contribution in [0.2, 0.25) is 0 Å². The SMILES string of the molecule is C=CC(=O)N1CC(N(C)c2nc(OCC34CCCN3CC(F)C4)nc3c(F)c(-c4ccc(F)c5sc(N)nc45)c(C(F)(F)F)cc23)C2(CC2)C1. The van der Waals surface area contributed by atoms with Crippen molar-refractivity contribution in [3.63, 3.8) is 0 Å². The number of hydrogen-bond acceptors (Lipinski definition) is 9. The molecular formula is C34H33F6N7O2S. The van der Waals surface area contributed by atoms with E-state index in [1.165, 1.54) is 6.08 Å². The van der Waals surface area contributed by atoms with Crippen molar-refractivity contribution >= 4 is 49.3 Å². The fourth-order valence-electron chi connectivity index (χ4n) is 8.43. The highest BCUT2D eigenvalue weighted by atomic mass is 32.1. The Morgan fingerprint density at radius 2 is 1.96 bits per heavy atom. The molecule has 2 aromatic carbocycles. The summed E-state index contributed by atoms with van der Waals surface area (Å²) in [7, 11) is 1.65. The van der Waals surface area contributed by atoms with Crippen LogP contribution in [0.3, 0.4) is 0 Å². The van der Waals surface area contributed by atoms with Gasteiger partial charge in [-0.1, -0.05) is 17.9 Å². The Morgan fingerprint density at radius 1 is 1.18 bits per heavy atom. The van der Waals surface area contributed by atoms with E-state index >= 15 is 4.39 Å². The van der Waals surface area contributed by atoms with E-state index in [1.54, 1.807) is 16.8 Å². The Kier molecular flexibility index (Phi) is 7.53. The number of amides is 1. The first-order valence-electron chi connectivity index (χ1n) is 16.4. The molecule has 4 aliphatic rings. The van der Waals surface area contributed by atoms with Gasteiger partial charge in [0.25, 0.3) is 0 Å². The van der Waals surface area contributed by atoms with E-state index in [1.807, 2.05) is 4.90 Å². The van der Waals surface area contributed by atoms with E-state index < -0.39 is 46.2 Å². The van der Waals surface area contributed by atoms with Crippen LogP contribution in [0, 0.1) is 17.0 Å². The van der Waals surface area contributed by atoms with Crippen molar-refractivity contribution in [1.82, 2.24) is 24.8 Å². The lowest BCUT2D eigenvalue weighted by atomic mass is 9.94. The van der Waals surface area contributed by atoms with Crippen LogP contribution >= 0.6 is 11.3 Å². The number of benzene rings is 2. The number of alkyl halides is 4. The molecule has 1 saturated carbocycles. The summed E-state index contributed by atoms with van der Waals surface area (Å²) in [6, 6.07) is 2.15. The van der Waals surface area contributed by atoms with Crippen molar-refractivity contribution in [2.24, 2.45) is 5.41 Å². The molecule has 0 bridgehead atoms. The van der Waals surface area contributed by atoms with Crippen LogP contribution in [0.5, 0.6) is 6.01 Å². The summed E-state index contributed by atoms with van der Waals surface area (Å²) in [6.07, 6.45) is -1.56. The highest BCUT2D eigenvalue weighted by Gasteiger charge is 2.58. The molecule has 5 heterocycles. The monoisotopic (exact) mass is 717 g/mol. The number of hydrogen-bond donors (Lipinski definition) is 1. The third kappa shape index (κ3) is 5.16. The number of anilines is 2. The molecule has 9 nitrogen and oxygen atoms in total. The summed E-state index contributed by atoms with van der Waals surface area (Å²) >= 11 is 0.739. The molecule has 16 heteroatoms. The van der Waals surface area contributed by atoms with Gasteiger partial charge >= 0.3 is 12.2 Å². The van der Waals surface area contributed by atoms with Gasteiger partial charge in [0.1, 0.15) is 29.9 Å². The van der Waals surface area contributed by atoms with E-state index in [0.29, 0.717) is 19.5 Å². The molecule has 1 spiro atoms. The molecular weight excluding hydrogens is 684 g/mol. The van der Waals surface area contributed by atoms with E-state index in [0.717, 1.165) is 48.8 Å². The maximum Gasteiger partial charge on any atom is 0.417 e. The van der Waals surface area contributed by atoms with Gasteiger partial charge in [0.15, 0.2) is 10.9 Å². The number of halogens is 6. The lowest BCUT2D eigenvalue weighted by Gasteiger charge is -2.32. The number of likely N-dealkylation sites (tertiary alicyclic amines) is 1. The largest absolute Gasteiger partial charge is 0.461 e. The van der Waals surface area contributed by atoms with Crippen molar-refractivity contribution in [3.8, 4) is 17.1 Å². The second-order valence-electron chi connectivity index (χ2n) is 13.9. The van der Waals surface area contributed by atoms with Gasteiger partial charge in [0, 0.05) is 55.0 Å². The predicted molar refractivity (Wildman–Crippen MR) is 177 cm³/mol. The molecule has 3 saturated heterocycles. The number of fused-ring (bicyclic) bond motifs is 3. The first-order chi connectivity index (χ1) is 23.7. The first-order valence-corrected chi connectivity index (χ1v) is 17.2. The van der Waals surface area contributed by atoms with E-state index in [-0.39, 0.29) is 81.6 Å². The number of rotatable bonds is 7. The number of ether oxygens (including phenoxy) is 1.